The van der Waals surface area contributed by atoms with Crippen LogP contribution in [0.3, 0.4) is 0 Å². The van der Waals surface area contributed by atoms with Crippen LogP contribution in [-0.2, 0) is 0 Å². The molecular formula is C48H30O. The highest BCUT2D eigenvalue weighted by atomic mass is 16.3. The fourth-order valence-electron chi connectivity index (χ4n) is 7.71. The molecule has 0 N–H and O–H groups in total. The number of hydrogen-bond donors (Lipinski definition) is 0. The predicted molar refractivity (Wildman–Crippen MR) is 208 cm³/mol. The van der Waals surface area contributed by atoms with Crippen molar-refractivity contribution in [2.24, 2.45) is 0 Å². The quantitative estimate of drug-likeness (QED) is 0.178. The third-order valence-electron chi connectivity index (χ3n) is 10.0. The lowest BCUT2D eigenvalue weighted by molar-refractivity contribution is 0.669. The van der Waals surface area contributed by atoms with Gasteiger partial charge < -0.3 is 4.42 Å². The Morgan fingerprint density at radius 1 is 0.245 bits per heavy atom. The van der Waals surface area contributed by atoms with Gasteiger partial charge in [0.05, 0.1) is 0 Å². The average molecular weight is 623 g/mol. The second-order valence-corrected chi connectivity index (χ2v) is 12.9. The summed E-state index contributed by atoms with van der Waals surface area (Å²) in [6.45, 7) is 0. The molecule has 0 amide bonds. The summed E-state index contributed by atoms with van der Waals surface area (Å²) in [7, 11) is 0. The molecule has 1 aromatic heterocycles. The maximum absolute atomic E-state index is 6.09. The molecule has 0 aliphatic heterocycles. The van der Waals surface area contributed by atoms with E-state index in [0.717, 1.165) is 21.9 Å². The summed E-state index contributed by atoms with van der Waals surface area (Å²) in [5, 5.41) is 9.84. The fourth-order valence-corrected chi connectivity index (χ4v) is 7.71. The Labute approximate surface area is 284 Å². The van der Waals surface area contributed by atoms with Crippen LogP contribution in [0.1, 0.15) is 0 Å². The number of fused-ring (bicyclic) bond motifs is 6. The molecule has 49 heavy (non-hydrogen) atoms. The Kier molecular flexibility index (Phi) is 6.25. The summed E-state index contributed by atoms with van der Waals surface area (Å²) < 4.78 is 6.09. The fraction of sp³-hybridized carbons (Fsp3) is 0. The first-order chi connectivity index (χ1) is 24.3. The van der Waals surface area contributed by atoms with Gasteiger partial charge in [0.1, 0.15) is 11.2 Å². The third kappa shape index (κ3) is 4.55. The largest absolute Gasteiger partial charge is 0.456 e. The van der Waals surface area contributed by atoms with Crippen molar-refractivity contribution in [3.8, 4) is 44.5 Å². The first-order valence-corrected chi connectivity index (χ1v) is 16.8. The number of benzene rings is 9. The molecule has 1 nitrogen and oxygen atoms in total. The van der Waals surface area contributed by atoms with Crippen LogP contribution < -0.4 is 0 Å². The normalized spacial score (nSPS) is 11.7. The lowest BCUT2D eigenvalue weighted by atomic mass is 9.85. The predicted octanol–water partition coefficient (Wildman–Crippen LogP) is 13.7. The van der Waals surface area contributed by atoms with Gasteiger partial charge in [0.25, 0.3) is 0 Å². The second kappa shape index (κ2) is 11.1. The van der Waals surface area contributed by atoms with Crippen LogP contribution in [0.5, 0.6) is 0 Å². The van der Waals surface area contributed by atoms with Crippen molar-refractivity contribution >= 4 is 54.3 Å². The molecule has 0 bridgehead atoms. The Hall–Kier alpha value is -6.44. The molecule has 0 aliphatic rings. The lowest BCUT2D eigenvalue weighted by Gasteiger charge is -2.18. The topological polar surface area (TPSA) is 13.1 Å². The van der Waals surface area contributed by atoms with Crippen molar-refractivity contribution in [2.75, 3.05) is 0 Å². The molecule has 1 heterocycles. The number of furan rings is 1. The number of hydrogen-bond acceptors (Lipinski definition) is 1. The van der Waals surface area contributed by atoms with Gasteiger partial charge in [0.2, 0.25) is 0 Å². The van der Waals surface area contributed by atoms with Crippen LogP contribution in [0.2, 0.25) is 0 Å². The Morgan fingerprint density at radius 3 is 1.47 bits per heavy atom. The minimum atomic E-state index is 0.919. The molecule has 0 radical (unpaired) electrons. The van der Waals surface area contributed by atoms with Crippen molar-refractivity contribution in [3.63, 3.8) is 0 Å². The second-order valence-electron chi connectivity index (χ2n) is 12.9. The molecule has 0 atom stereocenters. The zero-order valence-electron chi connectivity index (χ0n) is 26.7. The smallest absolute Gasteiger partial charge is 0.135 e. The maximum atomic E-state index is 6.09. The van der Waals surface area contributed by atoms with E-state index >= 15 is 0 Å². The number of rotatable bonds is 4. The monoisotopic (exact) mass is 622 g/mol. The van der Waals surface area contributed by atoms with E-state index in [4.69, 9.17) is 4.42 Å². The molecule has 10 aromatic rings. The van der Waals surface area contributed by atoms with Crippen molar-refractivity contribution in [2.45, 2.75) is 0 Å². The van der Waals surface area contributed by atoms with E-state index < -0.39 is 0 Å². The molecule has 0 saturated heterocycles. The molecule has 10 rings (SSSR count). The zero-order chi connectivity index (χ0) is 32.3. The van der Waals surface area contributed by atoms with E-state index in [-0.39, 0.29) is 0 Å². The highest BCUT2D eigenvalue weighted by molar-refractivity contribution is 6.21. The first-order valence-electron chi connectivity index (χ1n) is 16.8. The molecule has 0 unspecified atom stereocenters. The third-order valence-corrected chi connectivity index (χ3v) is 10.0. The van der Waals surface area contributed by atoms with E-state index in [0.29, 0.717) is 0 Å². The van der Waals surface area contributed by atoms with Crippen LogP contribution in [0.4, 0.5) is 0 Å². The molecule has 0 saturated carbocycles. The van der Waals surface area contributed by atoms with Crippen LogP contribution in [0.15, 0.2) is 186 Å². The van der Waals surface area contributed by atoms with Gasteiger partial charge in [-0.2, -0.15) is 0 Å². The van der Waals surface area contributed by atoms with Gasteiger partial charge in [-0.05, 0) is 107 Å². The molecule has 1 heteroatoms. The highest BCUT2D eigenvalue weighted by Crippen LogP contribution is 2.44. The van der Waals surface area contributed by atoms with Crippen molar-refractivity contribution in [3.05, 3.63) is 182 Å². The van der Waals surface area contributed by atoms with Crippen molar-refractivity contribution in [1.29, 1.82) is 0 Å². The lowest BCUT2D eigenvalue weighted by Crippen LogP contribution is -1.91. The average Bonchev–Trinajstić information content (AvgIpc) is 3.55. The summed E-state index contributed by atoms with van der Waals surface area (Å²) in [4.78, 5) is 0. The highest BCUT2D eigenvalue weighted by Gasteiger charge is 2.17. The van der Waals surface area contributed by atoms with Gasteiger partial charge in [-0.1, -0.05) is 152 Å². The summed E-state index contributed by atoms with van der Waals surface area (Å²) >= 11 is 0. The minimum absolute atomic E-state index is 0.919. The first kappa shape index (κ1) is 27.7. The molecular weight excluding hydrogens is 593 g/mol. The van der Waals surface area contributed by atoms with Gasteiger partial charge in [0, 0.05) is 10.8 Å². The van der Waals surface area contributed by atoms with E-state index in [1.54, 1.807) is 0 Å². The number of para-hydroxylation sites is 1. The van der Waals surface area contributed by atoms with Gasteiger partial charge >= 0.3 is 0 Å². The summed E-state index contributed by atoms with van der Waals surface area (Å²) in [6.07, 6.45) is 0. The maximum Gasteiger partial charge on any atom is 0.135 e. The van der Waals surface area contributed by atoms with Crippen molar-refractivity contribution < 1.29 is 4.42 Å². The van der Waals surface area contributed by atoms with E-state index in [2.05, 4.69) is 170 Å². The van der Waals surface area contributed by atoms with Crippen LogP contribution >= 0.6 is 0 Å². The Balaban J connectivity index is 1.11. The van der Waals surface area contributed by atoms with Gasteiger partial charge in [0.15, 0.2) is 0 Å². The molecule has 0 spiro atoms. The molecule has 228 valence electrons. The molecule has 9 aromatic carbocycles. The van der Waals surface area contributed by atoms with Crippen LogP contribution in [0, 0.1) is 0 Å². The Morgan fingerprint density at radius 2 is 0.735 bits per heavy atom. The van der Waals surface area contributed by atoms with E-state index in [1.165, 1.54) is 76.8 Å². The van der Waals surface area contributed by atoms with Gasteiger partial charge in [-0.15, -0.1) is 0 Å². The molecule has 0 fully saturated rings. The zero-order valence-corrected chi connectivity index (χ0v) is 26.7. The van der Waals surface area contributed by atoms with Gasteiger partial charge in [-0.25, -0.2) is 0 Å². The van der Waals surface area contributed by atoms with Crippen LogP contribution in [-0.4, -0.2) is 0 Å². The minimum Gasteiger partial charge on any atom is -0.456 e. The van der Waals surface area contributed by atoms with Crippen LogP contribution in [0.25, 0.3) is 98.8 Å². The SMILES string of the molecule is c1cc(-c2ccc3ccccc3c2)cc(-c2c3ccccc3c(-c3ccc(-c4ccc5oc6ccccc6c5c4)cc3)c3ccccc23)c1. The standard InChI is InChI=1S/C48H30O/c1-2-11-34-28-36(25-22-31(34)10-1)35-12-9-13-38(29-35)48-42-17-5-3-15-40(42)47(41-16-4-6-18-43(41)48)33-23-20-32(21-24-33)37-26-27-46-44(30-37)39-14-7-8-19-45(39)49-46/h1-30H. The summed E-state index contributed by atoms with van der Waals surface area (Å²) in [5.41, 5.74) is 11.6. The van der Waals surface area contributed by atoms with E-state index in [1.807, 2.05) is 12.1 Å². The summed E-state index contributed by atoms with van der Waals surface area (Å²) in [5.74, 6) is 0. The van der Waals surface area contributed by atoms with E-state index in [9.17, 15) is 0 Å². The summed E-state index contributed by atoms with van der Waals surface area (Å²) in [6, 6.07) is 65.9. The van der Waals surface area contributed by atoms with Gasteiger partial charge in [-0.3, -0.25) is 0 Å². The Bertz CT molecular complexity index is 2810. The van der Waals surface area contributed by atoms with Crippen molar-refractivity contribution in [1.82, 2.24) is 0 Å². The molecule has 0 aliphatic carbocycles.